The van der Waals surface area contributed by atoms with Crippen molar-refractivity contribution in [1.29, 1.82) is 0 Å². The Kier molecular flexibility index (Phi) is 5.76. The van der Waals surface area contributed by atoms with E-state index >= 15 is 0 Å². The van der Waals surface area contributed by atoms with Crippen molar-refractivity contribution in [3.63, 3.8) is 0 Å². The fourth-order valence-electron chi connectivity index (χ4n) is 3.31. The molecule has 3 rings (SSSR count). The van der Waals surface area contributed by atoms with Gasteiger partial charge < -0.3 is 14.6 Å². The molecule has 1 atom stereocenters. The highest BCUT2D eigenvalue weighted by Crippen LogP contribution is 2.31. The molecule has 2 amide bonds. The van der Waals surface area contributed by atoms with E-state index < -0.39 is 17.8 Å². The van der Waals surface area contributed by atoms with Crippen LogP contribution in [0.25, 0.3) is 0 Å². The van der Waals surface area contributed by atoms with Crippen LogP contribution in [0.15, 0.2) is 47.3 Å². The van der Waals surface area contributed by atoms with Gasteiger partial charge in [0, 0.05) is 19.0 Å². The van der Waals surface area contributed by atoms with E-state index in [1.54, 1.807) is 24.0 Å². The Morgan fingerprint density at radius 3 is 2.54 bits per heavy atom. The molecule has 1 aliphatic heterocycles. The van der Waals surface area contributed by atoms with E-state index in [0.717, 1.165) is 12.1 Å². The second-order valence-corrected chi connectivity index (χ2v) is 6.93. The molecule has 0 radical (unpaired) electrons. The van der Waals surface area contributed by atoms with Gasteiger partial charge in [0.25, 0.3) is 5.91 Å². The summed E-state index contributed by atoms with van der Waals surface area (Å²) in [5, 5.41) is 2.79. The molecule has 28 heavy (non-hydrogen) atoms. The van der Waals surface area contributed by atoms with E-state index in [1.165, 1.54) is 18.6 Å². The summed E-state index contributed by atoms with van der Waals surface area (Å²) in [5.41, 5.74) is 0.133. The maximum Gasteiger partial charge on any atom is 0.416 e. The molecular weight excluding hydrogens is 373 g/mol. The zero-order valence-corrected chi connectivity index (χ0v) is 15.3. The van der Waals surface area contributed by atoms with E-state index in [2.05, 4.69) is 5.32 Å². The van der Waals surface area contributed by atoms with Gasteiger partial charge in [0.1, 0.15) is 6.26 Å². The number of nitrogens with one attached hydrogen (secondary N) is 1. The number of benzene rings is 1. The molecule has 0 spiro atoms. The lowest BCUT2D eigenvalue weighted by molar-refractivity contribution is -0.137. The van der Waals surface area contributed by atoms with E-state index in [4.69, 9.17) is 4.42 Å². The zero-order valence-electron chi connectivity index (χ0n) is 15.3. The smallest absolute Gasteiger partial charge is 0.416 e. The number of nitrogens with zero attached hydrogens (tertiary/aromatic N) is 1. The van der Waals surface area contributed by atoms with Gasteiger partial charge in [-0.05, 0) is 43.5 Å². The number of piperidine rings is 1. The molecule has 1 N–H and O–H groups in total. The van der Waals surface area contributed by atoms with Crippen molar-refractivity contribution in [3.8, 4) is 0 Å². The van der Waals surface area contributed by atoms with Crippen molar-refractivity contribution in [2.24, 2.45) is 5.92 Å². The molecule has 1 aromatic heterocycles. The van der Waals surface area contributed by atoms with E-state index in [1.807, 2.05) is 0 Å². The lowest BCUT2D eigenvalue weighted by Gasteiger charge is -2.31. The maximum atomic E-state index is 12.9. The number of furan rings is 1. The molecule has 1 fully saturated rings. The fourth-order valence-corrected chi connectivity index (χ4v) is 3.31. The molecule has 2 heterocycles. The van der Waals surface area contributed by atoms with E-state index in [9.17, 15) is 22.8 Å². The molecule has 0 saturated carbocycles. The summed E-state index contributed by atoms with van der Waals surface area (Å²) in [6.07, 6.45) is -0.593. The third-order valence-corrected chi connectivity index (χ3v) is 4.99. The first kappa shape index (κ1) is 20.0. The molecule has 0 bridgehead atoms. The van der Waals surface area contributed by atoms with Crippen LogP contribution in [0.2, 0.25) is 0 Å². The van der Waals surface area contributed by atoms with Gasteiger partial charge in [-0.2, -0.15) is 13.2 Å². The van der Waals surface area contributed by atoms with Gasteiger partial charge in [-0.1, -0.05) is 12.1 Å². The third-order valence-electron chi connectivity index (χ3n) is 4.99. The average Bonchev–Trinajstić information content (AvgIpc) is 3.21. The van der Waals surface area contributed by atoms with Crippen molar-refractivity contribution in [2.75, 3.05) is 13.1 Å². The Balaban J connectivity index is 1.55. The van der Waals surface area contributed by atoms with Crippen LogP contribution >= 0.6 is 0 Å². The van der Waals surface area contributed by atoms with E-state index in [-0.39, 0.29) is 17.7 Å². The molecule has 1 saturated heterocycles. The number of halogens is 3. The van der Waals surface area contributed by atoms with Gasteiger partial charge in [0.2, 0.25) is 5.91 Å². The molecule has 1 aromatic carbocycles. The number of carbonyl (C=O) groups excluding carboxylic acids is 2. The topological polar surface area (TPSA) is 62.6 Å². The van der Waals surface area contributed by atoms with Gasteiger partial charge >= 0.3 is 6.18 Å². The number of amides is 2. The van der Waals surface area contributed by atoms with Crippen molar-refractivity contribution < 1.29 is 27.2 Å². The summed E-state index contributed by atoms with van der Waals surface area (Å²) in [7, 11) is 0. The first-order valence-corrected chi connectivity index (χ1v) is 9.04. The number of hydrogen-bond acceptors (Lipinski definition) is 3. The minimum atomic E-state index is -4.42. The highest BCUT2D eigenvalue weighted by molar-refractivity contribution is 5.94. The second kappa shape index (κ2) is 8.08. The Morgan fingerprint density at radius 1 is 1.21 bits per heavy atom. The van der Waals surface area contributed by atoms with Crippen molar-refractivity contribution in [2.45, 2.75) is 32.0 Å². The van der Waals surface area contributed by atoms with Crippen LogP contribution < -0.4 is 5.32 Å². The molecular formula is C20H21F3N2O3. The van der Waals surface area contributed by atoms with Crippen LogP contribution in [-0.4, -0.2) is 29.8 Å². The van der Waals surface area contributed by atoms with Crippen LogP contribution in [-0.2, 0) is 11.0 Å². The van der Waals surface area contributed by atoms with Gasteiger partial charge in [-0.25, -0.2) is 0 Å². The normalized spacial score (nSPS) is 16.6. The summed E-state index contributed by atoms with van der Waals surface area (Å²) in [4.78, 5) is 26.5. The van der Waals surface area contributed by atoms with E-state index in [0.29, 0.717) is 37.1 Å². The molecule has 0 aliphatic carbocycles. The first-order chi connectivity index (χ1) is 13.3. The summed E-state index contributed by atoms with van der Waals surface area (Å²) in [5.74, 6) is -0.619. The minimum absolute atomic E-state index is 0.134. The van der Waals surface area contributed by atoms with Crippen LogP contribution in [0.3, 0.4) is 0 Å². The maximum absolute atomic E-state index is 12.9. The summed E-state index contributed by atoms with van der Waals surface area (Å²) >= 11 is 0. The third kappa shape index (κ3) is 4.55. The van der Waals surface area contributed by atoms with Crippen molar-refractivity contribution in [1.82, 2.24) is 10.2 Å². The zero-order chi connectivity index (χ0) is 20.3. The fraction of sp³-hybridized carbons (Fsp3) is 0.400. The Hall–Kier alpha value is -2.77. The van der Waals surface area contributed by atoms with Gasteiger partial charge in [0.05, 0.1) is 23.4 Å². The number of likely N-dealkylation sites (tertiary alicyclic amines) is 1. The first-order valence-electron chi connectivity index (χ1n) is 9.04. The van der Waals surface area contributed by atoms with Crippen LogP contribution in [0.5, 0.6) is 0 Å². The number of rotatable bonds is 4. The lowest BCUT2D eigenvalue weighted by Crippen LogP contribution is -2.43. The minimum Gasteiger partial charge on any atom is -0.472 e. The summed E-state index contributed by atoms with van der Waals surface area (Å²) < 4.78 is 43.5. The average molecular weight is 394 g/mol. The Bertz CT molecular complexity index is 825. The van der Waals surface area contributed by atoms with Crippen molar-refractivity contribution >= 4 is 11.8 Å². The highest BCUT2D eigenvalue weighted by Gasteiger charge is 2.32. The number of alkyl halides is 3. The predicted molar refractivity (Wildman–Crippen MR) is 95.3 cm³/mol. The van der Waals surface area contributed by atoms with Crippen LogP contribution in [0, 0.1) is 5.92 Å². The van der Waals surface area contributed by atoms with Gasteiger partial charge in [0.15, 0.2) is 0 Å². The summed E-state index contributed by atoms with van der Waals surface area (Å²) in [6.45, 7) is 2.55. The monoisotopic (exact) mass is 394 g/mol. The number of carbonyl (C=O) groups is 2. The molecule has 1 aliphatic rings. The Morgan fingerprint density at radius 2 is 1.93 bits per heavy atom. The Labute approximate surface area is 160 Å². The standard InChI is InChI=1S/C20H21F3N2O3/c1-13(15-3-2-4-17(11-15)20(21,22)23)24-18(26)14-5-8-25(9-6-14)19(27)16-7-10-28-12-16/h2-4,7,10-14H,5-6,8-9H2,1H3,(H,24,26). The van der Waals surface area contributed by atoms with Crippen LogP contribution in [0.1, 0.15) is 47.3 Å². The molecule has 5 nitrogen and oxygen atoms in total. The second-order valence-electron chi connectivity index (χ2n) is 6.93. The molecule has 8 heteroatoms. The molecule has 2 aromatic rings. The van der Waals surface area contributed by atoms with Crippen LogP contribution in [0.4, 0.5) is 13.2 Å². The quantitative estimate of drug-likeness (QED) is 0.852. The highest BCUT2D eigenvalue weighted by atomic mass is 19.4. The predicted octanol–water partition coefficient (Wildman–Crippen LogP) is 4.03. The lowest BCUT2D eigenvalue weighted by atomic mass is 9.94. The summed E-state index contributed by atoms with van der Waals surface area (Å²) in [6, 6.07) is 6.01. The SMILES string of the molecule is CC(NC(=O)C1CCN(C(=O)c2ccoc2)CC1)c1cccc(C(F)(F)F)c1. The largest absolute Gasteiger partial charge is 0.472 e. The van der Waals surface area contributed by atoms with Gasteiger partial charge in [-0.15, -0.1) is 0 Å². The molecule has 150 valence electrons. The number of hydrogen-bond donors (Lipinski definition) is 1. The van der Waals surface area contributed by atoms with Crippen molar-refractivity contribution in [3.05, 3.63) is 59.5 Å². The van der Waals surface area contributed by atoms with Gasteiger partial charge in [-0.3, -0.25) is 9.59 Å². The molecule has 1 unspecified atom stereocenters.